The van der Waals surface area contributed by atoms with Crippen molar-refractivity contribution >= 4 is 22.8 Å². The molecule has 1 aromatic heterocycles. The van der Waals surface area contributed by atoms with Crippen LogP contribution in [0.25, 0.3) is 10.9 Å². The number of carbonyl (C=O) groups is 1. The quantitative estimate of drug-likeness (QED) is 0.394. The minimum absolute atomic E-state index is 0.0523. The smallest absolute Gasteiger partial charge is 0.416 e. The number of halogens is 6. The second-order valence-electron chi connectivity index (χ2n) is 7.81. The molecule has 0 spiro atoms. The maximum absolute atomic E-state index is 13.3. The van der Waals surface area contributed by atoms with Gasteiger partial charge in [0.05, 0.1) is 11.1 Å². The number of nitrogens with zero attached hydrogens (tertiary/aromatic N) is 3. The average molecular weight is 500 g/mol. The Bertz CT molecular complexity index is 1270. The van der Waals surface area contributed by atoms with Gasteiger partial charge >= 0.3 is 18.3 Å². The highest BCUT2D eigenvalue weighted by Gasteiger charge is 2.37. The first-order chi connectivity index (χ1) is 16.3. The molecule has 3 aromatic rings. The maximum atomic E-state index is 13.3. The number of carboxylic acids is 1. The average Bonchev–Trinajstić information content (AvgIpc) is 3.36. The number of nitrogens with one attached hydrogen (secondary N) is 3. The summed E-state index contributed by atoms with van der Waals surface area (Å²) in [5.74, 6) is -1.20. The van der Waals surface area contributed by atoms with E-state index in [1.165, 1.54) is 17.1 Å². The van der Waals surface area contributed by atoms with Gasteiger partial charge < -0.3 is 15.0 Å². The van der Waals surface area contributed by atoms with Gasteiger partial charge in [-0.1, -0.05) is 18.2 Å². The number of benzene rings is 2. The van der Waals surface area contributed by atoms with Gasteiger partial charge in [0.15, 0.2) is 0 Å². The highest BCUT2D eigenvalue weighted by Crippen LogP contribution is 2.37. The lowest BCUT2D eigenvalue weighted by Crippen LogP contribution is -2.44. The molecule has 0 radical (unpaired) electrons. The van der Waals surface area contributed by atoms with Gasteiger partial charge in [-0.05, 0) is 29.8 Å². The third-order valence-corrected chi connectivity index (χ3v) is 5.27. The number of carboxylic acid groups (broad SMARTS) is 1. The van der Waals surface area contributed by atoms with Crippen LogP contribution in [0.1, 0.15) is 32.7 Å². The van der Waals surface area contributed by atoms with E-state index in [9.17, 15) is 36.2 Å². The van der Waals surface area contributed by atoms with Gasteiger partial charge in [0.25, 0.3) is 0 Å². The minimum Gasteiger partial charge on any atom is -0.477 e. The molecule has 1 aliphatic rings. The van der Waals surface area contributed by atoms with E-state index < -0.39 is 36.0 Å². The Morgan fingerprint density at radius 2 is 1.66 bits per heavy atom. The lowest BCUT2D eigenvalue weighted by Gasteiger charge is -2.25. The van der Waals surface area contributed by atoms with Crippen LogP contribution in [0, 0.1) is 0 Å². The molecule has 4 N–H and O–H groups in total. The van der Waals surface area contributed by atoms with Crippen molar-refractivity contribution in [3.05, 3.63) is 70.4 Å². The van der Waals surface area contributed by atoms with E-state index in [4.69, 9.17) is 0 Å². The Kier molecular flexibility index (Phi) is 6.00. The molecule has 0 fully saturated rings. The van der Waals surface area contributed by atoms with Crippen LogP contribution in [-0.4, -0.2) is 39.1 Å². The van der Waals surface area contributed by atoms with Crippen molar-refractivity contribution in [3.63, 3.8) is 0 Å². The van der Waals surface area contributed by atoms with E-state index in [2.05, 4.69) is 21.0 Å². The summed E-state index contributed by atoms with van der Waals surface area (Å²) in [5, 5.41) is 15.5. The van der Waals surface area contributed by atoms with E-state index in [-0.39, 0.29) is 35.4 Å². The number of hydrogen-bond acceptors (Lipinski definition) is 6. The number of hydrogen-bond donors (Lipinski definition) is 4. The zero-order valence-electron chi connectivity index (χ0n) is 17.9. The number of para-hydroxylation sites is 1. The van der Waals surface area contributed by atoms with Gasteiger partial charge in [-0.15, -0.1) is 10.2 Å². The third kappa shape index (κ3) is 5.11. The second-order valence-corrected chi connectivity index (χ2v) is 7.81. The van der Waals surface area contributed by atoms with Crippen LogP contribution < -0.4 is 11.0 Å². The SMILES string of the molecule is CN1NN=C(N(Cc2cc(C(F)(F)F)cc(C(F)(F)F)c2)Cc2c(C(=O)O)[nH]c3ccccc23)N1. The molecule has 186 valence electrons. The van der Waals surface area contributed by atoms with Crippen LogP contribution >= 0.6 is 0 Å². The number of aromatic amines is 1. The lowest BCUT2D eigenvalue weighted by molar-refractivity contribution is -0.143. The number of H-pyrrole nitrogens is 1. The fourth-order valence-electron chi connectivity index (χ4n) is 3.74. The van der Waals surface area contributed by atoms with Crippen molar-refractivity contribution in [2.24, 2.45) is 5.10 Å². The van der Waals surface area contributed by atoms with Crippen molar-refractivity contribution in [3.8, 4) is 0 Å². The Morgan fingerprint density at radius 3 is 2.20 bits per heavy atom. The van der Waals surface area contributed by atoms with Crippen molar-refractivity contribution in [1.29, 1.82) is 0 Å². The molecule has 1 aliphatic heterocycles. The first-order valence-electron chi connectivity index (χ1n) is 10.0. The predicted molar refractivity (Wildman–Crippen MR) is 112 cm³/mol. The molecule has 0 aliphatic carbocycles. The standard InChI is InChI=1S/C21H18F6N6O2/c1-32-30-19(29-31-32)33(10-15-14-4-2-3-5-16(14)28-17(15)18(34)35)9-11-6-12(20(22,23)24)8-13(7-11)21(25,26)27/h2-8,28,31H,9-10H2,1H3,(H,29,30)(H,34,35). The molecular formula is C21H18F6N6O2. The largest absolute Gasteiger partial charge is 0.477 e. The van der Waals surface area contributed by atoms with E-state index in [0.29, 0.717) is 23.0 Å². The highest BCUT2D eigenvalue weighted by atomic mass is 19.4. The molecule has 0 saturated heterocycles. The van der Waals surface area contributed by atoms with Gasteiger partial charge in [-0.3, -0.25) is 5.43 Å². The van der Waals surface area contributed by atoms with Crippen LogP contribution in [-0.2, 0) is 25.4 Å². The number of aromatic carboxylic acids is 1. The molecule has 0 atom stereocenters. The first-order valence-corrected chi connectivity index (χ1v) is 10.0. The van der Waals surface area contributed by atoms with E-state index in [1.54, 1.807) is 24.3 Å². The Labute approximate surface area is 193 Å². The first kappa shape index (κ1) is 24.2. The summed E-state index contributed by atoms with van der Waals surface area (Å²) in [5.41, 5.74) is 2.77. The van der Waals surface area contributed by atoms with Crippen molar-refractivity contribution in [2.45, 2.75) is 25.4 Å². The van der Waals surface area contributed by atoms with Crippen LogP contribution in [0.15, 0.2) is 47.6 Å². The molecule has 0 saturated carbocycles. The molecule has 8 nitrogen and oxygen atoms in total. The van der Waals surface area contributed by atoms with Gasteiger partial charge in [0.2, 0.25) is 5.96 Å². The zero-order chi connectivity index (χ0) is 25.5. The summed E-state index contributed by atoms with van der Waals surface area (Å²) in [6, 6.07) is 7.99. The third-order valence-electron chi connectivity index (χ3n) is 5.27. The number of guanidine groups is 1. The Balaban J connectivity index is 1.78. The monoisotopic (exact) mass is 500 g/mol. The van der Waals surface area contributed by atoms with E-state index >= 15 is 0 Å². The van der Waals surface area contributed by atoms with Gasteiger partial charge in [0, 0.05) is 36.6 Å². The number of hydrazine groups is 2. The van der Waals surface area contributed by atoms with E-state index in [0.717, 1.165) is 0 Å². The molecule has 35 heavy (non-hydrogen) atoms. The van der Waals surface area contributed by atoms with Crippen molar-refractivity contribution < 1.29 is 36.2 Å². The number of hydrazone groups is 1. The van der Waals surface area contributed by atoms with Gasteiger partial charge in [-0.2, -0.15) is 26.3 Å². The summed E-state index contributed by atoms with van der Waals surface area (Å²) in [4.78, 5) is 16.0. The van der Waals surface area contributed by atoms with Crippen LogP contribution in [0.2, 0.25) is 0 Å². The zero-order valence-corrected chi connectivity index (χ0v) is 17.9. The Morgan fingerprint density at radius 1 is 1.03 bits per heavy atom. The van der Waals surface area contributed by atoms with Crippen molar-refractivity contribution in [1.82, 2.24) is 26.0 Å². The van der Waals surface area contributed by atoms with Crippen LogP contribution in [0.5, 0.6) is 0 Å². The molecule has 0 amide bonds. The van der Waals surface area contributed by atoms with Gasteiger partial charge in [0.1, 0.15) is 5.69 Å². The lowest BCUT2D eigenvalue weighted by atomic mass is 10.0. The molecule has 2 aromatic carbocycles. The number of rotatable bonds is 5. The van der Waals surface area contributed by atoms with Crippen LogP contribution in [0.3, 0.4) is 0 Å². The normalized spacial score (nSPS) is 14.5. The molecular weight excluding hydrogens is 482 g/mol. The van der Waals surface area contributed by atoms with Crippen LogP contribution in [0.4, 0.5) is 26.3 Å². The summed E-state index contributed by atoms with van der Waals surface area (Å²) in [7, 11) is 1.54. The molecule has 0 unspecified atom stereocenters. The van der Waals surface area contributed by atoms with Crippen molar-refractivity contribution in [2.75, 3.05) is 7.05 Å². The minimum atomic E-state index is -5.00. The fourth-order valence-corrected chi connectivity index (χ4v) is 3.74. The number of alkyl halides is 6. The summed E-state index contributed by atoms with van der Waals surface area (Å²) in [6.45, 7) is -0.627. The number of aromatic nitrogens is 1. The fraction of sp³-hybridized carbons (Fsp3) is 0.238. The molecule has 0 bridgehead atoms. The highest BCUT2D eigenvalue weighted by molar-refractivity contribution is 5.97. The Hall–Kier alpha value is -3.94. The summed E-state index contributed by atoms with van der Waals surface area (Å²) in [6.07, 6.45) is -10.0. The van der Waals surface area contributed by atoms with Gasteiger partial charge in [-0.25, -0.2) is 10.3 Å². The van der Waals surface area contributed by atoms with E-state index in [1.807, 2.05) is 0 Å². The molecule has 4 rings (SSSR count). The number of fused-ring (bicyclic) bond motifs is 1. The second kappa shape index (κ2) is 8.69. The maximum Gasteiger partial charge on any atom is 0.416 e. The molecule has 2 heterocycles. The summed E-state index contributed by atoms with van der Waals surface area (Å²) < 4.78 is 80.1. The summed E-state index contributed by atoms with van der Waals surface area (Å²) >= 11 is 0. The molecule has 14 heteroatoms. The predicted octanol–water partition coefficient (Wildman–Crippen LogP) is 4.13. The topological polar surface area (TPSA) is 96.0 Å².